The minimum Gasteiger partial charge on any atom is -0.369 e. The van der Waals surface area contributed by atoms with E-state index < -0.39 is 24.0 Å². The average molecular weight is 598 g/mol. The molecular weight excluding hydrogens is 566 g/mol. The van der Waals surface area contributed by atoms with Gasteiger partial charge in [0, 0.05) is 62.7 Å². The highest BCUT2D eigenvalue weighted by molar-refractivity contribution is 6.07. The molecule has 1 fully saturated rings. The number of aromatic nitrogens is 5. The molecule has 5 rings (SSSR count). The summed E-state index contributed by atoms with van der Waals surface area (Å²) in [5.74, 6) is -1.59. The second kappa shape index (κ2) is 13.2. The summed E-state index contributed by atoms with van der Waals surface area (Å²) in [7, 11) is 1.35. The highest BCUT2D eigenvalue weighted by Crippen LogP contribution is 2.30. The Labute approximate surface area is 245 Å². The third kappa shape index (κ3) is 6.96. The van der Waals surface area contributed by atoms with Crippen LogP contribution in [0.25, 0.3) is 22.2 Å². The average Bonchev–Trinajstić information content (AvgIpc) is 3.01. The molecule has 0 unspecified atom stereocenters. The Balaban J connectivity index is 1.24. The zero-order valence-corrected chi connectivity index (χ0v) is 23.6. The normalized spacial score (nSPS) is 15.0. The second-order valence-electron chi connectivity index (χ2n) is 10.4. The summed E-state index contributed by atoms with van der Waals surface area (Å²) >= 11 is 0. The summed E-state index contributed by atoms with van der Waals surface area (Å²) in [6.45, 7) is 3.27. The zero-order valence-electron chi connectivity index (χ0n) is 23.6. The van der Waals surface area contributed by atoms with E-state index in [-0.39, 0.29) is 35.0 Å². The van der Waals surface area contributed by atoms with Gasteiger partial charge in [-0.25, -0.2) is 37.5 Å². The van der Waals surface area contributed by atoms with Crippen molar-refractivity contribution in [2.75, 3.05) is 43.9 Å². The van der Waals surface area contributed by atoms with Gasteiger partial charge < -0.3 is 16.0 Å². The summed E-state index contributed by atoms with van der Waals surface area (Å²) in [6.07, 6.45) is 4.76. The Morgan fingerprint density at radius 3 is 2.47 bits per heavy atom. The maximum absolute atomic E-state index is 14.8. The number of alkyl halides is 2. The highest BCUT2D eigenvalue weighted by atomic mass is 19.3. The van der Waals surface area contributed by atoms with Crippen LogP contribution in [0.15, 0.2) is 43.1 Å². The van der Waals surface area contributed by atoms with Gasteiger partial charge in [0.05, 0.1) is 34.9 Å². The van der Waals surface area contributed by atoms with Crippen molar-refractivity contribution < 1.29 is 22.4 Å². The zero-order chi connectivity index (χ0) is 30.5. The van der Waals surface area contributed by atoms with Gasteiger partial charge in [0.15, 0.2) is 5.82 Å². The maximum Gasteiger partial charge on any atom is 0.254 e. The van der Waals surface area contributed by atoms with E-state index in [1.807, 2.05) is 6.92 Å². The summed E-state index contributed by atoms with van der Waals surface area (Å²) < 4.78 is 54.4. The monoisotopic (exact) mass is 597 g/mol. The lowest BCUT2D eigenvalue weighted by Gasteiger charge is -2.31. The fourth-order valence-corrected chi connectivity index (χ4v) is 5.16. The van der Waals surface area contributed by atoms with Crippen molar-refractivity contribution in [3.8, 4) is 11.3 Å². The molecule has 226 valence electrons. The van der Waals surface area contributed by atoms with E-state index in [2.05, 4.69) is 40.9 Å². The molecule has 3 aromatic heterocycles. The van der Waals surface area contributed by atoms with Crippen molar-refractivity contribution in [3.63, 3.8) is 0 Å². The molecule has 0 radical (unpaired) electrons. The van der Waals surface area contributed by atoms with Gasteiger partial charge in [-0.1, -0.05) is 13.0 Å². The second-order valence-corrected chi connectivity index (χ2v) is 10.4. The van der Waals surface area contributed by atoms with Crippen LogP contribution in [0.5, 0.6) is 0 Å². The molecule has 0 spiro atoms. The van der Waals surface area contributed by atoms with Gasteiger partial charge in [-0.05, 0) is 24.5 Å². The number of pyridine rings is 1. The third-order valence-electron chi connectivity index (χ3n) is 7.46. The predicted octanol–water partition coefficient (Wildman–Crippen LogP) is 4.48. The van der Waals surface area contributed by atoms with E-state index >= 15 is 0 Å². The molecular formula is C29H31F4N9O. The summed E-state index contributed by atoms with van der Waals surface area (Å²) in [6, 6.07) is 4.64. The number of rotatable bonds is 10. The predicted molar refractivity (Wildman–Crippen MR) is 154 cm³/mol. The Bertz CT molecular complexity index is 1580. The molecule has 3 N–H and O–H groups in total. The number of halogens is 4. The Morgan fingerprint density at radius 2 is 1.77 bits per heavy atom. The fraction of sp³-hybridized carbons (Fsp3) is 0.379. The number of carbonyl (C=O) groups is 1. The number of hydrogen-bond donors (Lipinski definition) is 3. The first-order chi connectivity index (χ1) is 20.7. The topological polar surface area (TPSA) is 121 Å². The van der Waals surface area contributed by atoms with Crippen LogP contribution >= 0.6 is 0 Å². The minimum atomic E-state index is -2.33. The van der Waals surface area contributed by atoms with Crippen LogP contribution in [0.3, 0.4) is 0 Å². The van der Waals surface area contributed by atoms with E-state index in [1.165, 1.54) is 19.4 Å². The largest absolute Gasteiger partial charge is 0.369 e. The summed E-state index contributed by atoms with van der Waals surface area (Å²) in [5, 5.41) is 8.70. The smallest absolute Gasteiger partial charge is 0.254 e. The number of fused-ring (bicyclic) bond motifs is 1. The number of benzene rings is 1. The molecule has 1 atom stereocenters. The van der Waals surface area contributed by atoms with Crippen LogP contribution in [0.4, 0.5) is 29.3 Å². The molecule has 4 heterocycles. The van der Waals surface area contributed by atoms with E-state index in [1.54, 1.807) is 29.4 Å². The minimum absolute atomic E-state index is 0.111. The quantitative estimate of drug-likeness (QED) is 0.227. The van der Waals surface area contributed by atoms with Crippen molar-refractivity contribution in [1.29, 1.82) is 0 Å². The first kappa shape index (κ1) is 30.0. The number of amides is 1. The van der Waals surface area contributed by atoms with Gasteiger partial charge in [-0.3, -0.25) is 14.7 Å². The Morgan fingerprint density at radius 1 is 1.02 bits per heavy atom. The van der Waals surface area contributed by atoms with E-state index in [0.29, 0.717) is 48.2 Å². The van der Waals surface area contributed by atoms with Crippen LogP contribution in [0, 0.1) is 11.6 Å². The standard InChI is InChI=1S/C29H31F4N9O/c1-16(19-3-4-20(30)25-26(28(43)34-2)21(31)13-36-27(19)25)10-35-24-9-22(39-15-40-24)17-11-37-29(38-12-17)41-18-5-7-42(8-6-18)14-23(32)33/h3-4,9,11-13,15-16,18,23H,5-8,10,14H2,1-2H3,(H,34,43)(H,35,39,40)(H,37,38,41)/t16-/m1/s1. The van der Waals surface area contributed by atoms with Crippen LogP contribution in [0.1, 0.15) is 41.6 Å². The molecule has 0 aliphatic carbocycles. The van der Waals surface area contributed by atoms with Gasteiger partial charge in [0.1, 0.15) is 18.0 Å². The molecule has 1 aromatic carbocycles. The number of piperidine rings is 1. The van der Waals surface area contributed by atoms with Gasteiger partial charge in [-0.2, -0.15) is 0 Å². The number of anilines is 2. The van der Waals surface area contributed by atoms with Gasteiger partial charge in [-0.15, -0.1) is 0 Å². The molecule has 1 amide bonds. The van der Waals surface area contributed by atoms with E-state index in [9.17, 15) is 22.4 Å². The molecule has 1 aliphatic heterocycles. The van der Waals surface area contributed by atoms with Crippen molar-refractivity contribution in [2.24, 2.45) is 0 Å². The lowest BCUT2D eigenvalue weighted by atomic mass is 9.95. The summed E-state index contributed by atoms with van der Waals surface area (Å²) in [4.78, 5) is 35.6. The van der Waals surface area contributed by atoms with Crippen LogP contribution in [-0.4, -0.2) is 81.4 Å². The first-order valence-corrected chi connectivity index (χ1v) is 13.9. The first-order valence-electron chi connectivity index (χ1n) is 13.9. The van der Waals surface area contributed by atoms with Gasteiger partial charge in [0.25, 0.3) is 12.3 Å². The van der Waals surface area contributed by atoms with Crippen molar-refractivity contribution in [2.45, 2.75) is 38.2 Å². The molecule has 0 saturated carbocycles. The number of nitrogens with zero attached hydrogens (tertiary/aromatic N) is 6. The SMILES string of the molecule is CNC(=O)c1c(F)cnc2c([C@H](C)CNc3cc(-c4cnc(NC5CCN(CC(F)F)CC5)nc4)ncn3)ccc(F)c12. The lowest BCUT2D eigenvalue weighted by molar-refractivity contribution is 0.0769. The molecule has 1 saturated heterocycles. The Kier molecular flexibility index (Phi) is 9.24. The Hall–Kier alpha value is -4.46. The summed E-state index contributed by atoms with van der Waals surface area (Å²) in [5.41, 5.74) is 1.73. The number of likely N-dealkylation sites (tertiary alicyclic amines) is 1. The van der Waals surface area contributed by atoms with Crippen LogP contribution < -0.4 is 16.0 Å². The maximum atomic E-state index is 14.8. The van der Waals surface area contributed by atoms with Crippen molar-refractivity contribution in [3.05, 3.63) is 65.9 Å². The molecule has 1 aliphatic rings. The third-order valence-corrected chi connectivity index (χ3v) is 7.46. The number of hydrogen-bond acceptors (Lipinski definition) is 9. The molecule has 43 heavy (non-hydrogen) atoms. The van der Waals surface area contributed by atoms with Crippen LogP contribution in [0.2, 0.25) is 0 Å². The lowest BCUT2D eigenvalue weighted by Crippen LogP contribution is -2.41. The van der Waals surface area contributed by atoms with E-state index in [0.717, 1.165) is 19.0 Å². The number of carbonyl (C=O) groups excluding carboxylic acids is 1. The molecule has 4 aromatic rings. The fourth-order valence-electron chi connectivity index (χ4n) is 5.16. The molecule has 10 nitrogen and oxygen atoms in total. The molecule has 0 bridgehead atoms. The molecule has 14 heteroatoms. The van der Waals surface area contributed by atoms with Crippen LogP contribution in [-0.2, 0) is 0 Å². The van der Waals surface area contributed by atoms with E-state index in [4.69, 9.17) is 0 Å². The van der Waals surface area contributed by atoms with Crippen molar-refractivity contribution in [1.82, 2.24) is 35.1 Å². The van der Waals surface area contributed by atoms with Gasteiger partial charge >= 0.3 is 0 Å². The van der Waals surface area contributed by atoms with Gasteiger partial charge in [0.2, 0.25) is 5.95 Å². The van der Waals surface area contributed by atoms with Crippen molar-refractivity contribution >= 4 is 28.6 Å². The number of nitrogens with one attached hydrogen (secondary N) is 3. The highest BCUT2D eigenvalue weighted by Gasteiger charge is 2.23.